The number of aryl methyl sites for hydroxylation is 1. The Morgan fingerprint density at radius 1 is 0.824 bits per heavy atom. The third kappa shape index (κ3) is 2.47. The molecule has 0 N–H and O–H groups in total. The molecule has 0 bridgehead atoms. The summed E-state index contributed by atoms with van der Waals surface area (Å²) in [5.74, 6) is 0. The Bertz CT molecular complexity index is 542. The lowest BCUT2D eigenvalue weighted by Crippen LogP contribution is -1.88. The fourth-order valence-corrected chi connectivity index (χ4v) is 2.07. The van der Waals surface area contributed by atoms with Crippen LogP contribution >= 0.6 is 0 Å². The lowest BCUT2D eigenvalue weighted by Gasteiger charge is -2.03. The molecule has 0 fully saturated rings. The van der Waals surface area contributed by atoms with Crippen molar-refractivity contribution in [2.75, 3.05) is 0 Å². The molecule has 1 aliphatic rings. The van der Waals surface area contributed by atoms with Crippen LogP contribution in [0.25, 0.3) is 5.57 Å². The molecule has 0 heterocycles. The molecule has 0 heteroatoms. The average Bonchev–Trinajstić information content (AvgIpc) is 3.17. The van der Waals surface area contributed by atoms with Crippen LogP contribution < -0.4 is 0 Å². The smallest absolute Gasteiger partial charge is 0.00258 e. The van der Waals surface area contributed by atoms with Gasteiger partial charge in [-0.25, -0.2) is 0 Å². The summed E-state index contributed by atoms with van der Waals surface area (Å²) in [5.41, 5.74) is 6.97. The van der Waals surface area contributed by atoms with Crippen LogP contribution in [0.15, 0.2) is 54.6 Å². The molecule has 17 heavy (non-hydrogen) atoms. The Labute approximate surface area is 103 Å². The molecule has 0 saturated heterocycles. The summed E-state index contributed by atoms with van der Waals surface area (Å²) in [6.45, 7) is 2.13. The van der Waals surface area contributed by atoms with Crippen molar-refractivity contribution in [2.45, 2.75) is 19.8 Å². The lowest BCUT2D eigenvalue weighted by atomic mass is 10.0. The summed E-state index contributed by atoms with van der Waals surface area (Å²) in [4.78, 5) is 0. The second kappa shape index (κ2) is 4.21. The maximum Gasteiger partial charge on any atom is -0.00258 e. The van der Waals surface area contributed by atoms with E-state index in [4.69, 9.17) is 0 Å². The normalized spacial score (nSPS) is 13.4. The van der Waals surface area contributed by atoms with Gasteiger partial charge < -0.3 is 0 Å². The lowest BCUT2D eigenvalue weighted by molar-refractivity contribution is 1.18. The highest BCUT2D eigenvalue weighted by atomic mass is 14.1. The molecule has 2 aromatic carbocycles. The van der Waals surface area contributed by atoms with Crippen LogP contribution in [0.4, 0.5) is 0 Å². The van der Waals surface area contributed by atoms with Gasteiger partial charge in [-0.3, -0.25) is 0 Å². The van der Waals surface area contributed by atoms with Crippen molar-refractivity contribution in [3.05, 3.63) is 76.9 Å². The van der Waals surface area contributed by atoms with Crippen LogP contribution in [0.5, 0.6) is 0 Å². The third-order valence-corrected chi connectivity index (χ3v) is 3.26. The predicted molar refractivity (Wildman–Crippen MR) is 73.0 cm³/mol. The van der Waals surface area contributed by atoms with Gasteiger partial charge in [0.15, 0.2) is 0 Å². The molecule has 0 saturated carbocycles. The average molecular weight is 220 g/mol. The SMILES string of the molecule is Cc1ccc(Cc2ccc(C3=CC3)cc2)cc1. The van der Waals surface area contributed by atoms with Crippen LogP contribution in [-0.2, 0) is 6.42 Å². The van der Waals surface area contributed by atoms with E-state index < -0.39 is 0 Å². The fraction of sp³-hybridized carbons (Fsp3) is 0.176. The van der Waals surface area contributed by atoms with Crippen molar-refractivity contribution >= 4 is 5.57 Å². The van der Waals surface area contributed by atoms with Gasteiger partial charge in [-0.1, -0.05) is 60.2 Å². The molecular weight excluding hydrogens is 204 g/mol. The molecule has 0 amide bonds. The van der Waals surface area contributed by atoms with Crippen molar-refractivity contribution in [3.63, 3.8) is 0 Å². The molecule has 0 aliphatic heterocycles. The van der Waals surface area contributed by atoms with Gasteiger partial charge in [-0.05, 0) is 42.0 Å². The van der Waals surface area contributed by atoms with E-state index >= 15 is 0 Å². The number of hydrogen-bond acceptors (Lipinski definition) is 0. The zero-order valence-electron chi connectivity index (χ0n) is 10.1. The van der Waals surface area contributed by atoms with Crippen molar-refractivity contribution in [3.8, 4) is 0 Å². The predicted octanol–water partition coefficient (Wildman–Crippen LogP) is 4.37. The molecule has 1 aliphatic carbocycles. The summed E-state index contributed by atoms with van der Waals surface area (Å²) in [5, 5.41) is 0. The third-order valence-electron chi connectivity index (χ3n) is 3.26. The zero-order chi connectivity index (χ0) is 11.7. The number of rotatable bonds is 3. The fourth-order valence-electron chi connectivity index (χ4n) is 2.07. The first-order valence-corrected chi connectivity index (χ1v) is 6.15. The van der Waals surface area contributed by atoms with E-state index in [9.17, 15) is 0 Å². The van der Waals surface area contributed by atoms with E-state index in [1.54, 1.807) is 0 Å². The van der Waals surface area contributed by atoms with Gasteiger partial charge in [0.25, 0.3) is 0 Å². The molecule has 2 aromatic rings. The zero-order valence-corrected chi connectivity index (χ0v) is 10.1. The van der Waals surface area contributed by atoms with Gasteiger partial charge in [0.1, 0.15) is 0 Å². The number of benzene rings is 2. The maximum atomic E-state index is 2.27. The minimum atomic E-state index is 1.03. The van der Waals surface area contributed by atoms with E-state index in [-0.39, 0.29) is 0 Å². The largest absolute Gasteiger partial charge is 0.0760 e. The van der Waals surface area contributed by atoms with Crippen molar-refractivity contribution in [1.82, 2.24) is 0 Å². The molecule has 0 radical (unpaired) electrons. The molecule has 0 atom stereocenters. The van der Waals surface area contributed by atoms with Crippen LogP contribution in [0.1, 0.15) is 28.7 Å². The van der Waals surface area contributed by atoms with Crippen LogP contribution in [0, 0.1) is 6.92 Å². The molecule has 0 nitrogen and oxygen atoms in total. The summed E-state index contributed by atoms with van der Waals surface area (Å²) in [6.07, 6.45) is 4.48. The van der Waals surface area contributed by atoms with Gasteiger partial charge in [0.05, 0.1) is 0 Å². The summed E-state index contributed by atoms with van der Waals surface area (Å²) < 4.78 is 0. The highest BCUT2D eigenvalue weighted by molar-refractivity contribution is 5.77. The van der Waals surface area contributed by atoms with Crippen LogP contribution in [-0.4, -0.2) is 0 Å². The Morgan fingerprint density at radius 2 is 1.35 bits per heavy atom. The van der Waals surface area contributed by atoms with Crippen molar-refractivity contribution < 1.29 is 0 Å². The van der Waals surface area contributed by atoms with Gasteiger partial charge >= 0.3 is 0 Å². The molecule has 0 spiro atoms. The van der Waals surface area contributed by atoms with Gasteiger partial charge in [0, 0.05) is 0 Å². The quantitative estimate of drug-likeness (QED) is 0.720. The Hall–Kier alpha value is -1.82. The summed E-state index contributed by atoms with van der Waals surface area (Å²) in [6, 6.07) is 17.8. The van der Waals surface area contributed by atoms with Gasteiger partial charge in [-0.2, -0.15) is 0 Å². The highest BCUT2D eigenvalue weighted by Gasteiger charge is 2.09. The first-order valence-electron chi connectivity index (χ1n) is 6.15. The van der Waals surface area contributed by atoms with E-state index in [2.05, 4.69) is 61.5 Å². The minimum absolute atomic E-state index is 1.03. The molecular formula is C17H16. The Morgan fingerprint density at radius 3 is 1.88 bits per heavy atom. The molecule has 3 rings (SSSR count). The maximum absolute atomic E-state index is 2.27. The topological polar surface area (TPSA) is 0 Å². The number of allylic oxidation sites excluding steroid dienone is 2. The second-order valence-corrected chi connectivity index (χ2v) is 4.79. The Balaban J connectivity index is 1.76. The van der Waals surface area contributed by atoms with Gasteiger partial charge in [-0.15, -0.1) is 0 Å². The van der Waals surface area contributed by atoms with Crippen molar-refractivity contribution in [2.24, 2.45) is 0 Å². The summed E-state index contributed by atoms with van der Waals surface area (Å²) >= 11 is 0. The van der Waals surface area contributed by atoms with E-state index in [0.29, 0.717) is 0 Å². The van der Waals surface area contributed by atoms with E-state index in [1.807, 2.05) is 0 Å². The minimum Gasteiger partial charge on any atom is -0.0760 e. The first kappa shape index (κ1) is 10.3. The Kier molecular flexibility index (Phi) is 2.56. The second-order valence-electron chi connectivity index (χ2n) is 4.79. The van der Waals surface area contributed by atoms with E-state index in [0.717, 1.165) is 6.42 Å². The molecule has 0 aromatic heterocycles. The monoisotopic (exact) mass is 220 g/mol. The molecule has 0 unspecified atom stereocenters. The van der Waals surface area contributed by atoms with Crippen LogP contribution in [0.3, 0.4) is 0 Å². The van der Waals surface area contributed by atoms with Gasteiger partial charge in [0.2, 0.25) is 0 Å². The summed E-state index contributed by atoms with van der Waals surface area (Å²) in [7, 11) is 0. The standard InChI is InChI=1S/C17H16/c1-13-2-4-14(5-3-13)12-15-6-8-16(9-7-15)17-10-11-17/h2-10H,11-12H2,1H3. The van der Waals surface area contributed by atoms with Crippen molar-refractivity contribution in [1.29, 1.82) is 0 Å². The molecule has 84 valence electrons. The van der Waals surface area contributed by atoms with Crippen LogP contribution in [0.2, 0.25) is 0 Å². The highest BCUT2D eigenvalue weighted by Crippen LogP contribution is 2.30. The first-order chi connectivity index (χ1) is 8.31. The number of hydrogen-bond donors (Lipinski definition) is 0. The van der Waals surface area contributed by atoms with E-state index in [1.165, 1.54) is 34.2 Å².